The van der Waals surface area contributed by atoms with Gasteiger partial charge in [-0.05, 0) is 12.8 Å². The molecule has 1 saturated carbocycles. The summed E-state index contributed by atoms with van der Waals surface area (Å²) >= 11 is 5.81. The summed E-state index contributed by atoms with van der Waals surface area (Å²) in [5.74, 6) is 0.422. The van der Waals surface area contributed by atoms with Crippen molar-refractivity contribution in [1.82, 2.24) is 15.3 Å². The van der Waals surface area contributed by atoms with Gasteiger partial charge in [-0.15, -0.1) is 0 Å². The number of anilines is 1. The Bertz CT molecular complexity index is 545. The van der Waals surface area contributed by atoms with Crippen LogP contribution in [0.3, 0.4) is 0 Å². The highest BCUT2D eigenvalue weighted by Gasteiger charge is 2.25. The van der Waals surface area contributed by atoms with Crippen molar-refractivity contribution in [2.45, 2.75) is 37.8 Å². The number of carbonyl (C=O) groups is 1. The lowest BCUT2D eigenvalue weighted by Crippen LogP contribution is -2.52. The molecular formula is C12H13ClN5O2-. The molecule has 7 nitrogen and oxygen atoms in total. The molecule has 106 valence electrons. The highest BCUT2D eigenvalue weighted by Crippen LogP contribution is 2.22. The largest absolute Gasteiger partial charge is 0.530 e. The topological polar surface area (TPSA) is 114 Å². The minimum Gasteiger partial charge on any atom is -0.530 e. The Hall–Kier alpha value is -2.07. The second kappa shape index (κ2) is 6.39. The van der Waals surface area contributed by atoms with Crippen LogP contribution in [-0.2, 0) is 0 Å². The Labute approximate surface area is 121 Å². The number of nitriles is 1. The van der Waals surface area contributed by atoms with Crippen LogP contribution in [0.25, 0.3) is 0 Å². The van der Waals surface area contributed by atoms with Gasteiger partial charge in [0.05, 0.1) is 6.20 Å². The molecule has 8 heteroatoms. The molecule has 1 aromatic heterocycles. The van der Waals surface area contributed by atoms with Crippen LogP contribution in [0.5, 0.6) is 0 Å². The highest BCUT2D eigenvalue weighted by molar-refractivity contribution is 6.30. The second-order valence-corrected chi connectivity index (χ2v) is 4.94. The Morgan fingerprint density at radius 2 is 2.15 bits per heavy atom. The standard InChI is InChI=1S/C12H14ClN5O2/c13-11-9(5-14)15-6-10(18-11)16-7-3-1-2-4-8(7)17-12(19)20/h6-8,17H,1-4H2,(H,16,18)(H,19,20)/p-1/t7-,8+/m1/s1. The van der Waals surface area contributed by atoms with E-state index in [4.69, 9.17) is 16.9 Å². The molecule has 1 aliphatic rings. The molecule has 0 saturated heterocycles. The van der Waals surface area contributed by atoms with Crippen molar-refractivity contribution in [1.29, 1.82) is 5.26 Å². The van der Waals surface area contributed by atoms with Crippen molar-refractivity contribution in [3.63, 3.8) is 0 Å². The maximum Gasteiger partial charge on any atom is 0.178 e. The lowest BCUT2D eigenvalue weighted by molar-refractivity contribution is -0.251. The van der Waals surface area contributed by atoms with Crippen LogP contribution in [-0.4, -0.2) is 28.1 Å². The predicted octanol–water partition coefficient (Wildman–Crippen LogP) is 0.658. The minimum atomic E-state index is -1.28. The van der Waals surface area contributed by atoms with E-state index < -0.39 is 6.09 Å². The van der Waals surface area contributed by atoms with Crippen molar-refractivity contribution in [3.05, 3.63) is 17.0 Å². The van der Waals surface area contributed by atoms with Crippen LogP contribution in [0, 0.1) is 11.3 Å². The van der Waals surface area contributed by atoms with Crippen LogP contribution < -0.4 is 15.7 Å². The summed E-state index contributed by atoms with van der Waals surface area (Å²) in [6.07, 6.45) is 3.64. The van der Waals surface area contributed by atoms with Gasteiger partial charge in [0.15, 0.2) is 10.8 Å². The normalized spacial score (nSPS) is 21.8. The number of hydrogen-bond donors (Lipinski definition) is 2. The fraction of sp³-hybridized carbons (Fsp3) is 0.500. The maximum atomic E-state index is 10.7. The van der Waals surface area contributed by atoms with Gasteiger partial charge in [-0.25, -0.2) is 9.97 Å². The summed E-state index contributed by atoms with van der Waals surface area (Å²) in [5.41, 5.74) is 0.0604. The first-order valence-corrected chi connectivity index (χ1v) is 6.64. The average Bonchev–Trinajstić information content (AvgIpc) is 2.41. The minimum absolute atomic E-state index is 0.0257. The molecule has 2 rings (SSSR count). The summed E-state index contributed by atoms with van der Waals surface area (Å²) in [6.45, 7) is 0. The second-order valence-electron chi connectivity index (χ2n) is 4.58. The molecule has 20 heavy (non-hydrogen) atoms. The van der Waals surface area contributed by atoms with Gasteiger partial charge in [-0.1, -0.05) is 24.4 Å². The number of nitrogens with one attached hydrogen (secondary N) is 2. The molecule has 0 aromatic carbocycles. The van der Waals surface area contributed by atoms with Crippen LogP contribution >= 0.6 is 11.6 Å². The Morgan fingerprint density at radius 1 is 1.45 bits per heavy atom. The molecule has 0 aliphatic heterocycles. The van der Waals surface area contributed by atoms with Gasteiger partial charge < -0.3 is 20.5 Å². The molecule has 1 fully saturated rings. The first kappa shape index (κ1) is 14.3. The zero-order valence-corrected chi connectivity index (χ0v) is 11.4. The van der Waals surface area contributed by atoms with Crippen molar-refractivity contribution in [3.8, 4) is 6.07 Å². The number of amides is 1. The average molecular weight is 295 g/mol. The molecule has 1 amide bonds. The van der Waals surface area contributed by atoms with Gasteiger partial charge in [0.25, 0.3) is 0 Å². The number of nitrogens with zero attached hydrogens (tertiary/aromatic N) is 3. The summed E-state index contributed by atoms with van der Waals surface area (Å²) in [7, 11) is 0. The van der Waals surface area contributed by atoms with E-state index in [0.717, 1.165) is 25.7 Å². The van der Waals surface area contributed by atoms with Gasteiger partial charge in [-0.3, -0.25) is 0 Å². The van der Waals surface area contributed by atoms with Crippen molar-refractivity contribution in [2.75, 3.05) is 5.32 Å². The third kappa shape index (κ3) is 3.48. The van der Waals surface area contributed by atoms with Crippen molar-refractivity contribution >= 4 is 23.5 Å². The Kier molecular flexibility index (Phi) is 4.58. The number of carboxylic acid groups (broad SMARTS) is 1. The monoisotopic (exact) mass is 294 g/mol. The number of aromatic nitrogens is 2. The number of halogens is 1. The van der Waals surface area contributed by atoms with E-state index >= 15 is 0 Å². The molecule has 1 aromatic rings. The van der Waals surface area contributed by atoms with E-state index in [1.54, 1.807) is 0 Å². The van der Waals surface area contributed by atoms with Gasteiger partial charge in [0, 0.05) is 12.1 Å². The first-order chi connectivity index (χ1) is 9.60. The molecule has 0 unspecified atom stereocenters. The van der Waals surface area contributed by atoms with Crippen LogP contribution in [0.2, 0.25) is 5.15 Å². The number of hydrogen-bond acceptors (Lipinski definition) is 6. The maximum absolute atomic E-state index is 10.7. The molecule has 2 N–H and O–H groups in total. The van der Waals surface area contributed by atoms with Crippen LogP contribution in [0.15, 0.2) is 6.20 Å². The summed E-state index contributed by atoms with van der Waals surface area (Å²) in [5, 5.41) is 24.9. The Morgan fingerprint density at radius 3 is 2.75 bits per heavy atom. The molecule has 1 heterocycles. The third-order valence-electron chi connectivity index (χ3n) is 3.24. The molecule has 0 bridgehead atoms. The highest BCUT2D eigenvalue weighted by atomic mass is 35.5. The number of carbonyl (C=O) groups excluding carboxylic acids is 1. The number of rotatable bonds is 3. The van der Waals surface area contributed by atoms with E-state index in [1.165, 1.54) is 6.20 Å². The molecule has 0 spiro atoms. The van der Waals surface area contributed by atoms with E-state index in [9.17, 15) is 9.90 Å². The summed E-state index contributed by atoms with van der Waals surface area (Å²) in [6, 6.07) is 1.50. The van der Waals surface area contributed by atoms with Gasteiger partial charge in [-0.2, -0.15) is 5.26 Å². The van der Waals surface area contributed by atoms with Crippen molar-refractivity contribution < 1.29 is 9.90 Å². The zero-order chi connectivity index (χ0) is 14.5. The predicted molar refractivity (Wildman–Crippen MR) is 70.0 cm³/mol. The molecule has 2 atom stereocenters. The smallest absolute Gasteiger partial charge is 0.178 e. The zero-order valence-electron chi connectivity index (χ0n) is 10.6. The Balaban J connectivity index is 2.08. The van der Waals surface area contributed by atoms with Gasteiger partial charge >= 0.3 is 0 Å². The van der Waals surface area contributed by atoms with E-state index in [-0.39, 0.29) is 22.9 Å². The summed E-state index contributed by atoms with van der Waals surface area (Å²) in [4.78, 5) is 18.6. The van der Waals surface area contributed by atoms with Crippen LogP contribution in [0.1, 0.15) is 31.4 Å². The molecule has 0 radical (unpaired) electrons. The van der Waals surface area contributed by atoms with E-state index in [2.05, 4.69) is 20.6 Å². The first-order valence-electron chi connectivity index (χ1n) is 6.27. The lowest BCUT2D eigenvalue weighted by atomic mass is 9.90. The SMILES string of the molecule is N#Cc1ncc(N[C@@H]2CCCC[C@@H]2NC(=O)[O-])nc1Cl. The fourth-order valence-corrected chi connectivity index (χ4v) is 2.51. The molecular weight excluding hydrogens is 282 g/mol. The van der Waals surface area contributed by atoms with E-state index in [1.807, 2.05) is 6.07 Å². The molecule has 1 aliphatic carbocycles. The fourth-order valence-electron chi connectivity index (χ4n) is 2.33. The van der Waals surface area contributed by atoms with Crippen LogP contribution in [0.4, 0.5) is 10.6 Å². The van der Waals surface area contributed by atoms with E-state index in [0.29, 0.717) is 5.82 Å². The quantitative estimate of drug-likeness (QED) is 0.846. The van der Waals surface area contributed by atoms with Gasteiger partial charge in [0.2, 0.25) is 0 Å². The lowest BCUT2D eigenvalue weighted by Gasteiger charge is -2.33. The third-order valence-corrected chi connectivity index (χ3v) is 3.50. The van der Waals surface area contributed by atoms with Crippen molar-refractivity contribution in [2.24, 2.45) is 0 Å². The van der Waals surface area contributed by atoms with Gasteiger partial charge in [0.1, 0.15) is 18.0 Å². The summed E-state index contributed by atoms with van der Waals surface area (Å²) < 4.78 is 0.